The third kappa shape index (κ3) is 6.18. The lowest BCUT2D eigenvalue weighted by molar-refractivity contribution is 0.260. The molecule has 13 heavy (non-hydrogen) atoms. The molecular formula is C9H21NO2S. The molecule has 0 saturated heterocycles. The zero-order valence-corrected chi connectivity index (χ0v) is 9.94. The fourth-order valence-electron chi connectivity index (χ4n) is 1.17. The van der Waals surface area contributed by atoms with Crippen molar-refractivity contribution in [3.05, 3.63) is 0 Å². The average Bonchev–Trinajstić information content (AvgIpc) is 1.81. The van der Waals surface area contributed by atoms with E-state index in [2.05, 4.69) is 39.3 Å². The summed E-state index contributed by atoms with van der Waals surface area (Å²) in [5, 5.41) is 0. The molecule has 2 unspecified atom stereocenters. The van der Waals surface area contributed by atoms with Crippen molar-refractivity contribution in [2.45, 2.75) is 47.1 Å². The van der Waals surface area contributed by atoms with E-state index in [0.717, 1.165) is 6.42 Å². The fraction of sp³-hybridized carbons (Fsp3) is 1.00. The molecule has 0 aliphatic heterocycles. The summed E-state index contributed by atoms with van der Waals surface area (Å²) in [5.74, 6) is 0.528. The molecule has 0 radical (unpaired) electrons. The van der Waals surface area contributed by atoms with Crippen LogP contribution in [0.5, 0.6) is 0 Å². The molecule has 0 rings (SSSR count). The maximum atomic E-state index is 10.6. The minimum absolute atomic E-state index is 0.0165. The van der Waals surface area contributed by atoms with E-state index in [4.69, 9.17) is 4.55 Å². The normalized spacial score (nSPS) is 17.5. The predicted molar refractivity (Wildman–Crippen MR) is 56.6 cm³/mol. The van der Waals surface area contributed by atoms with Crippen molar-refractivity contribution in [2.24, 2.45) is 11.3 Å². The van der Waals surface area contributed by atoms with E-state index in [9.17, 15) is 4.21 Å². The fourth-order valence-corrected chi connectivity index (χ4v) is 1.86. The first-order valence-electron chi connectivity index (χ1n) is 4.60. The third-order valence-electron chi connectivity index (χ3n) is 2.00. The molecule has 2 N–H and O–H groups in total. The maximum Gasteiger partial charge on any atom is 0.231 e. The Morgan fingerprint density at radius 3 is 2.08 bits per heavy atom. The van der Waals surface area contributed by atoms with Crippen molar-refractivity contribution in [3.8, 4) is 0 Å². The highest BCUT2D eigenvalue weighted by Crippen LogP contribution is 2.24. The van der Waals surface area contributed by atoms with Gasteiger partial charge in [-0.1, -0.05) is 34.6 Å². The highest BCUT2D eigenvalue weighted by molar-refractivity contribution is 7.77. The third-order valence-corrected chi connectivity index (χ3v) is 2.48. The summed E-state index contributed by atoms with van der Waals surface area (Å²) >= 11 is -1.91. The smallest absolute Gasteiger partial charge is 0.231 e. The first kappa shape index (κ1) is 13.1. The monoisotopic (exact) mass is 207 g/mol. The summed E-state index contributed by atoms with van der Waals surface area (Å²) in [4.78, 5) is 0. The van der Waals surface area contributed by atoms with Crippen LogP contribution in [0.15, 0.2) is 0 Å². The van der Waals surface area contributed by atoms with Crippen molar-refractivity contribution in [1.29, 1.82) is 0 Å². The lowest BCUT2D eigenvalue weighted by Gasteiger charge is -2.31. The quantitative estimate of drug-likeness (QED) is 0.694. The lowest BCUT2D eigenvalue weighted by Crippen LogP contribution is -2.41. The Bertz CT molecular complexity index is 175. The summed E-state index contributed by atoms with van der Waals surface area (Å²) in [6, 6.07) is 0.0818. The topological polar surface area (TPSA) is 49.3 Å². The second-order valence-corrected chi connectivity index (χ2v) is 5.65. The molecule has 0 aliphatic carbocycles. The standard InChI is InChI=1S/C9H21NO2S/c1-7(2)6-8(9(3,4)5)10-13(11)12/h7-8,10H,6H2,1-5H3,(H,11,12). The molecule has 80 valence electrons. The summed E-state index contributed by atoms with van der Waals surface area (Å²) < 4.78 is 22.1. The zero-order chi connectivity index (χ0) is 10.6. The van der Waals surface area contributed by atoms with E-state index < -0.39 is 11.3 Å². The molecule has 0 aliphatic rings. The van der Waals surface area contributed by atoms with Gasteiger partial charge in [0.2, 0.25) is 11.3 Å². The van der Waals surface area contributed by atoms with Gasteiger partial charge in [-0.3, -0.25) is 4.55 Å². The van der Waals surface area contributed by atoms with Crippen molar-refractivity contribution < 1.29 is 8.76 Å². The van der Waals surface area contributed by atoms with Crippen LogP contribution in [-0.2, 0) is 11.3 Å². The molecule has 4 heteroatoms. The van der Waals surface area contributed by atoms with Crippen LogP contribution >= 0.6 is 0 Å². The molecule has 0 heterocycles. The molecule has 0 aromatic rings. The second kappa shape index (κ2) is 5.08. The van der Waals surface area contributed by atoms with Crippen molar-refractivity contribution in [3.63, 3.8) is 0 Å². The number of hydrogen-bond acceptors (Lipinski definition) is 1. The molecule has 0 aromatic heterocycles. The van der Waals surface area contributed by atoms with Crippen LogP contribution in [0.2, 0.25) is 0 Å². The van der Waals surface area contributed by atoms with Gasteiger partial charge in [0.05, 0.1) is 0 Å². The van der Waals surface area contributed by atoms with E-state index in [1.165, 1.54) is 0 Å². The molecule has 0 aromatic carbocycles. The molecule has 0 amide bonds. The Balaban J connectivity index is 4.28. The van der Waals surface area contributed by atoms with Gasteiger partial charge in [-0.05, 0) is 17.8 Å². The Labute approximate surface area is 83.7 Å². The van der Waals surface area contributed by atoms with Crippen molar-refractivity contribution >= 4 is 11.3 Å². The molecule has 0 fully saturated rings. The van der Waals surface area contributed by atoms with Gasteiger partial charge in [-0.15, -0.1) is 0 Å². The van der Waals surface area contributed by atoms with Gasteiger partial charge < -0.3 is 0 Å². The van der Waals surface area contributed by atoms with Gasteiger partial charge >= 0.3 is 0 Å². The summed E-state index contributed by atoms with van der Waals surface area (Å²) in [6.07, 6.45) is 0.913. The SMILES string of the molecule is CC(C)CC(NS(=O)O)C(C)(C)C. The van der Waals surface area contributed by atoms with Crippen LogP contribution in [0.1, 0.15) is 41.0 Å². The van der Waals surface area contributed by atoms with Crippen LogP contribution in [0.3, 0.4) is 0 Å². The summed E-state index contributed by atoms with van der Waals surface area (Å²) in [6.45, 7) is 10.4. The lowest BCUT2D eigenvalue weighted by atomic mass is 9.83. The van der Waals surface area contributed by atoms with Gasteiger partial charge in [0.1, 0.15) is 0 Å². The van der Waals surface area contributed by atoms with Crippen LogP contribution in [-0.4, -0.2) is 14.8 Å². The molecule has 2 atom stereocenters. The van der Waals surface area contributed by atoms with Gasteiger partial charge in [-0.2, -0.15) is 0 Å². The highest BCUT2D eigenvalue weighted by atomic mass is 32.2. The van der Waals surface area contributed by atoms with Crippen molar-refractivity contribution in [1.82, 2.24) is 4.72 Å². The van der Waals surface area contributed by atoms with E-state index in [-0.39, 0.29) is 11.5 Å². The highest BCUT2D eigenvalue weighted by Gasteiger charge is 2.26. The average molecular weight is 207 g/mol. The minimum Gasteiger partial charge on any atom is -0.294 e. The van der Waals surface area contributed by atoms with Crippen LogP contribution in [0.25, 0.3) is 0 Å². The largest absolute Gasteiger partial charge is 0.294 e. The summed E-state index contributed by atoms with van der Waals surface area (Å²) in [5.41, 5.74) is 0.0165. The number of rotatable bonds is 4. The van der Waals surface area contributed by atoms with E-state index in [1.807, 2.05) is 0 Å². The molecular weight excluding hydrogens is 186 g/mol. The molecule has 0 bridgehead atoms. The number of hydrogen-bond donors (Lipinski definition) is 2. The van der Waals surface area contributed by atoms with E-state index in [1.54, 1.807) is 0 Å². The van der Waals surface area contributed by atoms with Crippen LogP contribution in [0.4, 0.5) is 0 Å². The van der Waals surface area contributed by atoms with Gasteiger partial charge in [-0.25, -0.2) is 8.93 Å². The zero-order valence-electron chi connectivity index (χ0n) is 9.13. The minimum atomic E-state index is -1.91. The van der Waals surface area contributed by atoms with Gasteiger partial charge in [0, 0.05) is 6.04 Å². The van der Waals surface area contributed by atoms with Gasteiger partial charge in [0.25, 0.3) is 0 Å². The second-order valence-electron chi connectivity index (χ2n) is 4.92. The van der Waals surface area contributed by atoms with Gasteiger partial charge in [0.15, 0.2) is 0 Å². The predicted octanol–water partition coefficient (Wildman–Crippen LogP) is 2.17. The first-order valence-corrected chi connectivity index (χ1v) is 5.71. The van der Waals surface area contributed by atoms with Crippen LogP contribution < -0.4 is 4.72 Å². The Kier molecular flexibility index (Phi) is 5.10. The maximum absolute atomic E-state index is 10.6. The van der Waals surface area contributed by atoms with Crippen LogP contribution in [0, 0.1) is 11.3 Å². The van der Waals surface area contributed by atoms with E-state index in [0.29, 0.717) is 5.92 Å². The van der Waals surface area contributed by atoms with E-state index >= 15 is 0 Å². The molecule has 0 spiro atoms. The first-order chi connectivity index (χ1) is 5.73. The van der Waals surface area contributed by atoms with Crippen molar-refractivity contribution in [2.75, 3.05) is 0 Å². The molecule has 0 saturated carbocycles. The Morgan fingerprint density at radius 2 is 1.85 bits per heavy atom. The number of nitrogens with one attached hydrogen (secondary N) is 1. The summed E-state index contributed by atoms with van der Waals surface area (Å²) in [7, 11) is 0. The Morgan fingerprint density at radius 1 is 1.38 bits per heavy atom. The Hall–Kier alpha value is 0.0700. The molecule has 3 nitrogen and oxygen atoms in total.